The minimum absolute atomic E-state index is 0.573. The number of aromatic nitrogens is 2. The van der Waals surface area contributed by atoms with E-state index in [9.17, 15) is 0 Å². The predicted octanol–water partition coefficient (Wildman–Crippen LogP) is 3.41. The molecule has 2 rings (SSSR count). The van der Waals surface area contributed by atoms with Crippen LogP contribution in [0.25, 0.3) is 0 Å². The zero-order chi connectivity index (χ0) is 13.5. The van der Waals surface area contributed by atoms with Crippen molar-refractivity contribution in [3.8, 4) is 5.88 Å². The summed E-state index contributed by atoms with van der Waals surface area (Å²) < 4.78 is 5.57. The van der Waals surface area contributed by atoms with Crippen LogP contribution in [0.5, 0.6) is 5.88 Å². The van der Waals surface area contributed by atoms with Gasteiger partial charge in [0.1, 0.15) is 0 Å². The number of anilines is 1. The van der Waals surface area contributed by atoms with Gasteiger partial charge in [0.2, 0.25) is 5.88 Å². The number of ether oxygens (including phenoxy) is 1. The molecule has 1 aromatic rings. The SMILES string of the molecule is CCCOc1cncc(N2CCCCC2CCBr)n1. The Kier molecular flexibility index (Phi) is 5.89. The van der Waals surface area contributed by atoms with Crippen molar-refractivity contribution in [2.45, 2.75) is 45.1 Å². The Morgan fingerprint density at radius 2 is 2.32 bits per heavy atom. The molecule has 0 saturated carbocycles. The topological polar surface area (TPSA) is 38.2 Å². The second kappa shape index (κ2) is 7.68. The summed E-state index contributed by atoms with van der Waals surface area (Å²) in [4.78, 5) is 11.2. The van der Waals surface area contributed by atoms with E-state index < -0.39 is 0 Å². The van der Waals surface area contributed by atoms with Crippen molar-refractivity contribution in [3.63, 3.8) is 0 Å². The first-order chi connectivity index (χ1) is 9.35. The first kappa shape index (κ1) is 14.6. The van der Waals surface area contributed by atoms with E-state index in [1.165, 1.54) is 19.3 Å². The van der Waals surface area contributed by atoms with E-state index in [1.54, 1.807) is 6.20 Å². The van der Waals surface area contributed by atoms with Gasteiger partial charge in [-0.3, -0.25) is 4.98 Å². The van der Waals surface area contributed by atoms with E-state index >= 15 is 0 Å². The maximum atomic E-state index is 5.57. The first-order valence-electron chi connectivity index (χ1n) is 7.12. The first-order valence-corrected chi connectivity index (χ1v) is 8.24. The fraction of sp³-hybridized carbons (Fsp3) is 0.714. The van der Waals surface area contributed by atoms with Crippen LogP contribution in [0.1, 0.15) is 39.0 Å². The number of alkyl halides is 1. The summed E-state index contributed by atoms with van der Waals surface area (Å²) in [6.45, 7) is 3.86. The molecule has 1 aliphatic heterocycles. The van der Waals surface area contributed by atoms with Crippen LogP contribution in [0.3, 0.4) is 0 Å². The van der Waals surface area contributed by atoms with Crippen LogP contribution in [-0.4, -0.2) is 34.5 Å². The van der Waals surface area contributed by atoms with E-state index in [4.69, 9.17) is 4.74 Å². The average Bonchev–Trinajstić information content (AvgIpc) is 2.46. The van der Waals surface area contributed by atoms with Gasteiger partial charge in [-0.15, -0.1) is 0 Å². The Morgan fingerprint density at radius 3 is 3.11 bits per heavy atom. The fourth-order valence-electron chi connectivity index (χ4n) is 2.48. The van der Waals surface area contributed by atoms with Crippen LogP contribution in [0.15, 0.2) is 12.4 Å². The smallest absolute Gasteiger partial charge is 0.234 e. The van der Waals surface area contributed by atoms with Gasteiger partial charge in [0.25, 0.3) is 0 Å². The molecule has 0 N–H and O–H groups in total. The van der Waals surface area contributed by atoms with Crippen molar-refractivity contribution in [2.75, 3.05) is 23.4 Å². The molecule has 0 bridgehead atoms. The lowest BCUT2D eigenvalue weighted by atomic mass is 10.0. The van der Waals surface area contributed by atoms with Gasteiger partial charge in [-0.1, -0.05) is 22.9 Å². The highest BCUT2D eigenvalue weighted by Gasteiger charge is 2.23. The number of hydrogen-bond acceptors (Lipinski definition) is 4. The molecule has 1 fully saturated rings. The molecular formula is C14H22BrN3O. The van der Waals surface area contributed by atoms with E-state index in [2.05, 4.69) is 37.7 Å². The Bertz CT molecular complexity index is 387. The van der Waals surface area contributed by atoms with E-state index in [-0.39, 0.29) is 0 Å². The quantitative estimate of drug-likeness (QED) is 0.750. The minimum Gasteiger partial charge on any atom is -0.477 e. The van der Waals surface area contributed by atoms with E-state index in [0.717, 1.165) is 30.5 Å². The van der Waals surface area contributed by atoms with Crippen molar-refractivity contribution in [1.29, 1.82) is 0 Å². The molecule has 0 aromatic carbocycles. The number of hydrogen-bond donors (Lipinski definition) is 0. The Hall–Kier alpha value is -0.840. The van der Waals surface area contributed by atoms with Crippen LogP contribution >= 0.6 is 15.9 Å². The molecule has 1 aromatic heterocycles. The molecule has 106 valence electrons. The number of nitrogens with zero attached hydrogens (tertiary/aromatic N) is 3. The van der Waals surface area contributed by atoms with Crippen LogP contribution < -0.4 is 9.64 Å². The fourth-order valence-corrected chi connectivity index (χ4v) is 3.01. The van der Waals surface area contributed by atoms with Crippen LogP contribution in [0, 0.1) is 0 Å². The van der Waals surface area contributed by atoms with Gasteiger partial charge in [-0.25, -0.2) is 0 Å². The van der Waals surface area contributed by atoms with Crippen molar-refractivity contribution >= 4 is 21.7 Å². The Balaban J connectivity index is 2.09. The average molecular weight is 328 g/mol. The monoisotopic (exact) mass is 327 g/mol. The number of halogens is 1. The number of rotatable bonds is 6. The highest BCUT2D eigenvalue weighted by atomic mass is 79.9. The minimum atomic E-state index is 0.573. The molecular weight excluding hydrogens is 306 g/mol. The molecule has 0 aliphatic carbocycles. The van der Waals surface area contributed by atoms with Gasteiger partial charge in [0.15, 0.2) is 5.82 Å². The van der Waals surface area contributed by atoms with Crippen molar-refractivity contribution in [3.05, 3.63) is 12.4 Å². The predicted molar refractivity (Wildman–Crippen MR) is 81.2 cm³/mol. The second-order valence-electron chi connectivity index (χ2n) is 4.88. The third kappa shape index (κ3) is 4.06. The Morgan fingerprint density at radius 1 is 1.42 bits per heavy atom. The van der Waals surface area contributed by atoms with Gasteiger partial charge in [0, 0.05) is 17.9 Å². The Labute approximate surface area is 123 Å². The van der Waals surface area contributed by atoms with Gasteiger partial charge >= 0.3 is 0 Å². The van der Waals surface area contributed by atoms with Crippen LogP contribution in [-0.2, 0) is 0 Å². The summed E-state index contributed by atoms with van der Waals surface area (Å²) in [6.07, 6.45) is 9.49. The maximum Gasteiger partial charge on any atom is 0.234 e. The zero-order valence-electron chi connectivity index (χ0n) is 11.5. The van der Waals surface area contributed by atoms with Gasteiger partial charge < -0.3 is 9.64 Å². The third-order valence-corrected chi connectivity index (χ3v) is 3.88. The largest absolute Gasteiger partial charge is 0.477 e. The zero-order valence-corrected chi connectivity index (χ0v) is 13.1. The molecule has 1 unspecified atom stereocenters. The van der Waals surface area contributed by atoms with Crippen molar-refractivity contribution in [1.82, 2.24) is 9.97 Å². The molecule has 19 heavy (non-hydrogen) atoms. The van der Waals surface area contributed by atoms with Crippen molar-refractivity contribution < 1.29 is 4.74 Å². The number of piperidine rings is 1. The normalized spacial score (nSPS) is 19.5. The van der Waals surface area contributed by atoms with E-state index in [0.29, 0.717) is 18.5 Å². The molecule has 0 spiro atoms. The van der Waals surface area contributed by atoms with Gasteiger partial charge in [0.05, 0.1) is 19.0 Å². The third-order valence-electron chi connectivity index (χ3n) is 3.42. The summed E-state index contributed by atoms with van der Waals surface area (Å²) in [5, 5.41) is 1.04. The summed E-state index contributed by atoms with van der Waals surface area (Å²) in [5.74, 6) is 1.60. The van der Waals surface area contributed by atoms with Crippen LogP contribution in [0.2, 0.25) is 0 Å². The lowest BCUT2D eigenvalue weighted by Gasteiger charge is -2.36. The molecule has 5 heteroatoms. The highest BCUT2D eigenvalue weighted by Crippen LogP contribution is 2.26. The van der Waals surface area contributed by atoms with Gasteiger partial charge in [-0.05, 0) is 32.1 Å². The molecule has 1 saturated heterocycles. The summed E-state index contributed by atoms with van der Waals surface area (Å²) in [5.41, 5.74) is 0. The van der Waals surface area contributed by atoms with Crippen LogP contribution in [0.4, 0.5) is 5.82 Å². The molecule has 4 nitrogen and oxygen atoms in total. The molecule has 1 aliphatic rings. The molecule has 1 atom stereocenters. The standard InChI is InChI=1S/C14H22BrN3O/c1-2-9-19-14-11-16-10-13(17-14)18-8-4-3-5-12(18)6-7-15/h10-12H,2-9H2,1H3. The summed E-state index contributed by atoms with van der Waals surface area (Å²) in [7, 11) is 0. The highest BCUT2D eigenvalue weighted by molar-refractivity contribution is 9.09. The summed E-state index contributed by atoms with van der Waals surface area (Å²) >= 11 is 3.55. The maximum absolute atomic E-state index is 5.57. The lowest BCUT2D eigenvalue weighted by Crippen LogP contribution is -2.40. The molecule has 2 heterocycles. The van der Waals surface area contributed by atoms with Crippen molar-refractivity contribution in [2.24, 2.45) is 0 Å². The van der Waals surface area contributed by atoms with E-state index in [1.807, 2.05) is 6.20 Å². The molecule has 0 amide bonds. The summed E-state index contributed by atoms with van der Waals surface area (Å²) in [6, 6.07) is 0.573. The lowest BCUT2D eigenvalue weighted by molar-refractivity contribution is 0.303. The molecule has 0 radical (unpaired) electrons. The second-order valence-corrected chi connectivity index (χ2v) is 5.68. The van der Waals surface area contributed by atoms with Gasteiger partial charge in [-0.2, -0.15) is 4.98 Å².